The van der Waals surface area contributed by atoms with Gasteiger partial charge in [-0.15, -0.1) is 0 Å². The lowest BCUT2D eigenvalue weighted by Crippen LogP contribution is -2.28. The minimum absolute atomic E-state index is 0.0525. The maximum absolute atomic E-state index is 14.2. The number of benzene rings is 1. The lowest BCUT2D eigenvalue weighted by atomic mass is 9.96. The third kappa shape index (κ3) is 2.74. The molecule has 2 aliphatic rings. The van der Waals surface area contributed by atoms with Gasteiger partial charge in [0.15, 0.2) is 0 Å². The van der Waals surface area contributed by atoms with Gasteiger partial charge in [0.2, 0.25) is 11.8 Å². The summed E-state index contributed by atoms with van der Waals surface area (Å²) in [7, 11) is 0. The van der Waals surface area contributed by atoms with Crippen LogP contribution in [-0.4, -0.2) is 17.5 Å². The lowest BCUT2D eigenvalue weighted by Gasteiger charge is -2.19. The highest BCUT2D eigenvalue weighted by molar-refractivity contribution is 6.32. The first kappa shape index (κ1) is 17.7. The molecule has 1 aromatic carbocycles. The van der Waals surface area contributed by atoms with Crippen LogP contribution in [0, 0.1) is 23.1 Å². The number of carbonyl (C=O) groups excluding carboxylic acids is 1. The van der Waals surface area contributed by atoms with Crippen molar-refractivity contribution < 1.29 is 13.9 Å². The number of anilines is 2. The van der Waals surface area contributed by atoms with Gasteiger partial charge in [-0.2, -0.15) is 5.26 Å². The number of hydrogen-bond donors (Lipinski definition) is 0. The minimum Gasteiger partial charge on any atom is -0.476 e. The quantitative estimate of drug-likeness (QED) is 0.777. The number of halogens is 2. The van der Waals surface area contributed by atoms with E-state index in [1.165, 1.54) is 23.2 Å². The van der Waals surface area contributed by atoms with Gasteiger partial charge < -0.3 is 4.74 Å². The van der Waals surface area contributed by atoms with Gasteiger partial charge >= 0.3 is 0 Å². The average molecular weight is 386 g/mol. The Morgan fingerprint density at radius 1 is 1.41 bits per heavy atom. The first-order valence-electron chi connectivity index (χ1n) is 8.74. The molecule has 0 atom stereocenters. The van der Waals surface area contributed by atoms with Crippen LogP contribution in [0.1, 0.15) is 37.8 Å². The highest BCUT2D eigenvalue weighted by Gasteiger charge is 2.60. The molecule has 2 heterocycles. The monoisotopic (exact) mass is 385 g/mol. The predicted molar refractivity (Wildman–Crippen MR) is 98.8 cm³/mol. The Morgan fingerprint density at radius 3 is 2.74 bits per heavy atom. The van der Waals surface area contributed by atoms with Gasteiger partial charge in [-0.3, -0.25) is 9.69 Å². The van der Waals surface area contributed by atoms with Crippen molar-refractivity contribution in [3.05, 3.63) is 46.4 Å². The fourth-order valence-electron chi connectivity index (χ4n) is 3.41. The molecule has 1 amide bonds. The fourth-order valence-corrected chi connectivity index (χ4v) is 3.62. The molecule has 1 aromatic heterocycles. The summed E-state index contributed by atoms with van der Waals surface area (Å²) < 4.78 is 19.8. The van der Waals surface area contributed by atoms with Crippen LogP contribution in [0.2, 0.25) is 5.02 Å². The molecule has 27 heavy (non-hydrogen) atoms. The van der Waals surface area contributed by atoms with Crippen LogP contribution in [-0.2, 0) is 10.2 Å². The van der Waals surface area contributed by atoms with Gasteiger partial charge in [0, 0.05) is 0 Å². The molecule has 0 bridgehead atoms. The zero-order valence-corrected chi connectivity index (χ0v) is 15.7. The largest absolute Gasteiger partial charge is 0.476 e. The van der Waals surface area contributed by atoms with Gasteiger partial charge in [-0.05, 0) is 42.5 Å². The van der Waals surface area contributed by atoms with E-state index in [2.05, 4.69) is 4.98 Å². The third-order valence-corrected chi connectivity index (χ3v) is 5.20. The summed E-state index contributed by atoms with van der Waals surface area (Å²) in [5.74, 6) is -0.168. The first-order chi connectivity index (χ1) is 12.9. The number of ether oxygens (including phenoxy) is 1. The standard InChI is InChI=1S/C20H17ClFN3O2/c1-11(2)10-27-18-15(21)6-13(9-24-18)25-17-7-16(22)12(8-23)5-14(17)20(3-4-20)19(25)26/h5-7,9,11H,3-4,10H2,1-2H3. The van der Waals surface area contributed by atoms with Crippen molar-refractivity contribution in [2.24, 2.45) is 5.92 Å². The number of amides is 1. The first-order valence-corrected chi connectivity index (χ1v) is 9.12. The van der Waals surface area contributed by atoms with Gasteiger partial charge in [-0.25, -0.2) is 9.37 Å². The Labute approximate surface area is 161 Å². The number of aromatic nitrogens is 1. The van der Waals surface area contributed by atoms with Crippen molar-refractivity contribution in [3.63, 3.8) is 0 Å². The Hall–Kier alpha value is -2.65. The van der Waals surface area contributed by atoms with Crippen molar-refractivity contribution in [1.29, 1.82) is 5.26 Å². The predicted octanol–water partition coefficient (Wildman–Crippen LogP) is 4.49. The highest BCUT2D eigenvalue weighted by Crippen LogP contribution is 2.59. The number of carbonyl (C=O) groups is 1. The molecule has 1 aliphatic carbocycles. The van der Waals surface area contributed by atoms with E-state index in [9.17, 15) is 9.18 Å². The molecule has 1 aliphatic heterocycles. The summed E-state index contributed by atoms with van der Waals surface area (Å²) in [6.45, 7) is 4.51. The van der Waals surface area contributed by atoms with E-state index < -0.39 is 11.2 Å². The molecule has 1 saturated carbocycles. The molecule has 1 spiro atoms. The molecule has 138 valence electrons. The Morgan fingerprint density at radius 2 is 2.15 bits per heavy atom. The van der Waals surface area contributed by atoms with Gasteiger partial charge in [0.1, 0.15) is 16.9 Å². The third-order valence-electron chi connectivity index (χ3n) is 4.93. The highest BCUT2D eigenvalue weighted by atomic mass is 35.5. The Bertz CT molecular complexity index is 995. The number of hydrogen-bond acceptors (Lipinski definition) is 4. The minimum atomic E-state index is -0.659. The zero-order chi connectivity index (χ0) is 19.3. The molecule has 5 nitrogen and oxygen atoms in total. The van der Waals surface area contributed by atoms with Crippen LogP contribution in [0.15, 0.2) is 24.4 Å². The second kappa shape index (κ2) is 6.21. The molecule has 1 fully saturated rings. The van der Waals surface area contributed by atoms with Crippen molar-refractivity contribution in [2.45, 2.75) is 32.1 Å². The lowest BCUT2D eigenvalue weighted by molar-refractivity contribution is -0.119. The number of rotatable bonds is 4. The maximum atomic E-state index is 14.2. The van der Waals surface area contributed by atoms with E-state index in [4.69, 9.17) is 21.6 Å². The van der Waals surface area contributed by atoms with Crippen LogP contribution in [0.25, 0.3) is 0 Å². The van der Waals surface area contributed by atoms with E-state index >= 15 is 0 Å². The molecular formula is C20H17ClFN3O2. The van der Waals surface area contributed by atoms with Gasteiger partial charge in [0.25, 0.3) is 0 Å². The summed E-state index contributed by atoms with van der Waals surface area (Å²) in [5, 5.41) is 9.40. The molecule has 0 unspecified atom stereocenters. The number of pyridine rings is 1. The van der Waals surface area contributed by atoms with Crippen molar-refractivity contribution in [2.75, 3.05) is 11.5 Å². The Kier molecular flexibility index (Phi) is 4.08. The summed E-state index contributed by atoms with van der Waals surface area (Å²) in [5.41, 5.74) is 0.886. The summed E-state index contributed by atoms with van der Waals surface area (Å²) in [6, 6.07) is 6.18. The van der Waals surface area contributed by atoms with Gasteiger partial charge in [0.05, 0.1) is 35.2 Å². The van der Waals surface area contributed by atoms with Crippen LogP contribution >= 0.6 is 11.6 Å². The average Bonchev–Trinajstić information content (AvgIpc) is 3.39. The maximum Gasteiger partial charge on any atom is 0.242 e. The second-order valence-electron chi connectivity index (χ2n) is 7.37. The molecule has 2 aromatic rings. The van der Waals surface area contributed by atoms with E-state index in [1.807, 2.05) is 19.9 Å². The summed E-state index contributed by atoms with van der Waals surface area (Å²) in [6.07, 6.45) is 2.87. The molecule has 0 saturated heterocycles. The van der Waals surface area contributed by atoms with Crippen LogP contribution in [0.4, 0.5) is 15.8 Å². The number of nitrogens with zero attached hydrogens (tertiary/aromatic N) is 3. The summed E-state index contributed by atoms with van der Waals surface area (Å²) >= 11 is 6.29. The smallest absolute Gasteiger partial charge is 0.242 e. The normalized spacial score (nSPS) is 16.6. The van der Waals surface area contributed by atoms with Crippen LogP contribution in [0.5, 0.6) is 5.88 Å². The van der Waals surface area contributed by atoms with Crippen molar-refractivity contribution in [3.8, 4) is 11.9 Å². The molecular weight excluding hydrogens is 369 g/mol. The van der Waals surface area contributed by atoms with E-state index in [0.29, 0.717) is 48.2 Å². The van der Waals surface area contributed by atoms with Gasteiger partial charge in [-0.1, -0.05) is 25.4 Å². The van der Waals surface area contributed by atoms with Crippen molar-refractivity contribution >= 4 is 28.9 Å². The zero-order valence-electron chi connectivity index (χ0n) is 14.9. The van der Waals surface area contributed by atoms with E-state index in [0.717, 1.165) is 0 Å². The van der Waals surface area contributed by atoms with E-state index in [-0.39, 0.29) is 16.5 Å². The topological polar surface area (TPSA) is 66.2 Å². The molecule has 4 rings (SSSR count). The SMILES string of the molecule is CC(C)COc1ncc(N2C(=O)C3(CC3)c3cc(C#N)c(F)cc32)cc1Cl. The molecule has 7 heteroatoms. The molecule has 0 N–H and O–H groups in total. The van der Waals surface area contributed by atoms with Crippen molar-refractivity contribution in [1.82, 2.24) is 4.98 Å². The summed E-state index contributed by atoms with van der Waals surface area (Å²) in [4.78, 5) is 18.8. The van der Waals surface area contributed by atoms with Crippen LogP contribution in [0.3, 0.4) is 0 Å². The second-order valence-corrected chi connectivity index (χ2v) is 7.78. The Balaban J connectivity index is 1.76. The van der Waals surface area contributed by atoms with Crippen LogP contribution < -0.4 is 9.64 Å². The fraction of sp³-hybridized carbons (Fsp3) is 0.350. The number of fused-ring (bicyclic) bond motifs is 2. The van der Waals surface area contributed by atoms with E-state index in [1.54, 1.807) is 6.07 Å². The molecule has 0 radical (unpaired) electrons. The number of nitriles is 1.